The topological polar surface area (TPSA) is 64.9 Å². The molecule has 2 aromatic rings. The summed E-state index contributed by atoms with van der Waals surface area (Å²) in [6.45, 7) is 2.05. The Hall–Kier alpha value is -1.20. The van der Waals surface area contributed by atoms with Crippen LogP contribution in [-0.4, -0.2) is 16.2 Å². The molecule has 1 fully saturated rings. The number of aryl methyl sites for hydroxylation is 1. The van der Waals surface area contributed by atoms with E-state index in [1.54, 1.807) is 0 Å². The van der Waals surface area contributed by atoms with Crippen molar-refractivity contribution in [1.82, 2.24) is 10.1 Å². The first-order chi connectivity index (χ1) is 9.13. The number of benzene rings is 1. The Morgan fingerprint density at radius 1 is 1.37 bits per heavy atom. The SMILES string of the molecule is Cc1ccc(-c2noc(C3CCC(N)C3)n2)cc1Br. The maximum absolute atomic E-state index is 5.92. The lowest BCUT2D eigenvalue weighted by molar-refractivity contribution is 0.353. The summed E-state index contributed by atoms with van der Waals surface area (Å²) in [6.07, 6.45) is 3.03. The summed E-state index contributed by atoms with van der Waals surface area (Å²) in [4.78, 5) is 4.51. The molecule has 100 valence electrons. The summed E-state index contributed by atoms with van der Waals surface area (Å²) in [5, 5.41) is 4.08. The normalized spacial score (nSPS) is 22.9. The molecule has 0 radical (unpaired) electrons. The molecule has 5 heteroatoms. The van der Waals surface area contributed by atoms with Crippen LogP contribution in [-0.2, 0) is 0 Å². The highest BCUT2D eigenvalue weighted by molar-refractivity contribution is 9.10. The zero-order valence-corrected chi connectivity index (χ0v) is 12.4. The van der Waals surface area contributed by atoms with Gasteiger partial charge in [-0.15, -0.1) is 0 Å². The predicted molar refractivity (Wildman–Crippen MR) is 76.7 cm³/mol. The lowest BCUT2D eigenvalue weighted by atomic mass is 10.1. The molecule has 4 nitrogen and oxygen atoms in total. The molecule has 0 aliphatic heterocycles. The Bertz CT molecular complexity index is 596. The van der Waals surface area contributed by atoms with Gasteiger partial charge in [0.25, 0.3) is 0 Å². The maximum atomic E-state index is 5.92. The Balaban J connectivity index is 1.86. The van der Waals surface area contributed by atoms with E-state index in [0.717, 1.165) is 35.2 Å². The molecule has 0 saturated heterocycles. The fourth-order valence-corrected chi connectivity index (χ4v) is 2.87. The lowest BCUT2D eigenvalue weighted by Crippen LogP contribution is -2.14. The van der Waals surface area contributed by atoms with E-state index in [0.29, 0.717) is 11.7 Å². The van der Waals surface area contributed by atoms with Crippen LogP contribution in [0.5, 0.6) is 0 Å². The Morgan fingerprint density at radius 3 is 2.89 bits per heavy atom. The molecule has 2 atom stereocenters. The minimum Gasteiger partial charge on any atom is -0.339 e. The third-order valence-corrected chi connectivity index (χ3v) is 4.55. The third-order valence-electron chi connectivity index (χ3n) is 3.69. The van der Waals surface area contributed by atoms with E-state index in [4.69, 9.17) is 10.3 Å². The molecule has 1 heterocycles. The third kappa shape index (κ3) is 2.58. The Morgan fingerprint density at radius 2 is 2.21 bits per heavy atom. The fraction of sp³-hybridized carbons (Fsp3) is 0.429. The zero-order valence-electron chi connectivity index (χ0n) is 10.8. The van der Waals surface area contributed by atoms with Crippen LogP contribution in [0.15, 0.2) is 27.2 Å². The second kappa shape index (κ2) is 5.06. The van der Waals surface area contributed by atoms with E-state index in [-0.39, 0.29) is 6.04 Å². The smallest absolute Gasteiger partial charge is 0.230 e. The highest BCUT2D eigenvalue weighted by Crippen LogP contribution is 2.33. The van der Waals surface area contributed by atoms with Gasteiger partial charge in [-0.3, -0.25) is 0 Å². The number of rotatable bonds is 2. The second-order valence-electron chi connectivity index (χ2n) is 5.19. The van der Waals surface area contributed by atoms with Crippen molar-refractivity contribution in [2.45, 2.75) is 38.1 Å². The van der Waals surface area contributed by atoms with Crippen LogP contribution in [0.1, 0.15) is 36.6 Å². The van der Waals surface area contributed by atoms with Crippen LogP contribution in [0, 0.1) is 6.92 Å². The molecule has 1 aliphatic carbocycles. The van der Waals surface area contributed by atoms with Crippen molar-refractivity contribution in [1.29, 1.82) is 0 Å². The van der Waals surface area contributed by atoms with Gasteiger partial charge < -0.3 is 10.3 Å². The number of hydrogen-bond donors (Lipinski definition) is 1. The standard InChI is InChI=1S/C14H16BrN3O/c1-8-2-3-9(7-12(8)15)13-17-14(19-18-13)10-4-5-11(16)6-10/h2-3,7,10-11H,4-6,16H2,1H3. The molecule has 3 rings (SSSR count). The number of aromatic nitrogens is 2. The van der Waals surface area contributed by atoms with Crippen molar-refractivity contribution in [3.05, 3.63) is 34.1 Å². The summed E-state index contributed by atoms with van der Waals surface area (Å²) in [6, 6.07) is 6.34. The quantitative estimate of drug-likeness (QED) is 0.920. The molecule has 1 aliphatic rings. The lowest BCUT2D eigenvalue weighted by Gasteiger charge is -2.02. The van der Waals surface area contributed by atoms with Crippen molar-refractivity contribution >= 4 is 15.9 Å². The molecular formula is C14H16BrN3O. The predicted octanol–water partition coefficient (Wildman–Crippen LogP) is 3.40. The molecule has 1 aromatic heterocycles. The average molecular weight is 322 g/mol. The van der Waals surface area contributed by atoms with Crippen LogP contribution < -0.4 is 5.73 Å². The summed E-state index contributed by atoms with van der Waals surface area (Å²) >= 11 is 3.52. The van der Waals surface area contributed by atoms with E-state index in [1.165, 1.54) is 5.56 Å². The van der Waals surface area contributed by atoms with E-state index in [2.05, 4.69) is 33.0 Å². The maximum Gasteiger partial charge on any atom is 0.230 e. The van der Waals surface area contributed by atoms with Gasteiger partial charge in [-0.1, -0.05) is 33.2 Å². The summed E-state index contributed by atoms with van der Waals surface area (Å²) in [7, 11) is 0. The summed E-state index contributed by atoms with van der Waals surface area (Å²) < 4.78 is 6.44. The molecule has 2 N–H and O–H groups in total. The minimum atomic E-state index is 0.272. The van der Waals surface area contributed by atoms with Gasteiger partial charge in [-0.25, -0.2) is 0 Å². The van der Waals surface area contributed by atoms with Gasteiger partial charge in [-0.2, -0.15) is 4.98 Å². The molecule has 0 bridgehead atoms. The number of nitrogens with zero attached hydrogens (tertiary/aromatic N) is 2. The van der Waals surface area contributed by atoms with Gasteiger partial charge in [0, 0.05) is 22.0 Å². The fourth-order valence-electron chi connectivity index (χ4n) is 2.49. The molecule has 1 aromatic carbocycles. The van der Waals surface area contributed by atoms with E-state index in [1.807, 2.05) is 18.2 Å². The average Bonchev–Trinajstić information content (AvgIpc) is 3.01. The summed E-state index contributed by atoms with van der Waals surface area (Å²) in [5.74, 6) is 1.70. The van der Waals surface area contributed by atoms with E-state index < -0.39 is 0 Å². The van der Waals surface area contributed by atoms with Crippen molar-refractivity contribution in [3.8, 4) is 11.4 Å². The van der Waals surface area contributed by atoms with Gasteiger partial charge in [-0.05, 0) is 37.8 Å². The van der Waals surface area contributed by atoms with Gasteiger partial charge in [0.1, 0.15) is 0 Å². The molecule has 2 unspecified atom stereocenters. The minimum absolute atomic E-state index is 0.272. The highest BCUT2D eigenvalue weighted by Gasteiger charge is 2.28. The first kappa shape index (κ1) is 12.8. The van der Waals surface area contributed by atoms with Crippen LogP contribution >= 0.6 is 15.9 Å². The van der Waals surface area contributed by atoms with Gasteiger partial charge >= 0.3 is 0 Å². The molecular weight excluding hydrogens is 306 g/mol. The number of nitrogens with two attached hydrogens (primary N) is 1. The van der Waals surface area contributed by atoms with Crippen LogP contribution in [0.25, 0.3) is 11.4 Å². The molecule has 19 heavy (non-hydrogen) atoms. The first-order valence-electron chi connectivity index (χ1n) is 6.49. The monoisotopic (exact) mass is 321 g/mol. The number of hydrogen-bond acceptors (Lipinski definition) is 4. The van der Waals surface area contributed by atoms with Gasteiger partial charge in [0.05, 0.1) is 0 Å². The Labute approximate surface area is 120 Å². The van der Waals surface area contributed by atoms with Crippen LogP contribution in [0.2, 0.25) is 0 Å². The second-order valence-corrected chi connectivity index (χ2v) is 6.04. The highest BCUT2D eigenvalue weighted by atomic mass is 79.9. The van der Waals surface area contributed by atoms with Crippen molar-refractivity contribution in [3.63, 3.8) is 0 Å². The van der Waals surface area contributed by atoms with Crippen LogP contribution in [0.3, 0.4) is 0 Å². The molecule has 0 amide bonds. The first-order valence-corrected chi connectivity index (χ1v) is 7.28. The Kier molecular flexibility index (Phi) is 3.41. The van der Waals surface area contributed by atoms with Crippen molar-refractivity contribution in [2.75, 3.05) is 0 Å². The largest absolute Gasteiger partial charge is 0.339 e. The van der Waals surface area contributed by atoms with Crippen molar-refractivity contribution in [2.24, 2.45) is 5.73 Å². The molecule has 1 saturated carbocycles. The molecule has 0 spiro atoms. The number of halogens is 1. The van der Waals surface area contributed by atoms with Gasteiger partial charge in [0.2, 0.25) is 11.7 Å². The van der Waals surface area contributed by atoms with Gasteiger partial charge in [0.15, 0.2) is 0 Å². The van der Waals surface area contributed by atoms with E-state index >= 15 is 0 Å². The van der Waals surface area contributed by atoms with Crippen LogP contribution in [0.4, 0.5) is 0 Å². The van der Waals surface area contributed by atoms with Crippen molar-refractivity contribution < 1.29 is 4.52 Å². The van der Waals surface area contributed by atoms with E-state index in [9.17, 15) is 0 Å². The zero-order chi connectivity index (χ0) is 13.4. The summed E-state index contributed by atoms with van der Waals surface area (Å²) in [5.41, 5.74) is 8.08.